The lowest BCUT2D eigenvalue weighted by molar-refractivity contribution is 0.0949. The number of urea groups is 1. The van der Waals surface area contributed by atoms with Gasteiger partial charge in [-0.2, -0.15) is 0 Å². The standard InChI is InChI=1S/C27H30N4O3/c1-34-17-7-15-28-26(32)24-18-23(30-27(33)29-22-10-3-2-4-11-22)12-13-25(24)31-16-14-20-8-5-6-9-21(20)19-31/h2-6,8-13,18H,7,14-17,19H2,1H3,(H,28,32)(H2,29,30,33). The minimum Gasteiger partial charge on any atom is -0.385 e. The second-order valence-corrected chi connectivity index (χ2v) is 8.22. The predicted molar refractivity (Wildman–Crippen MR) is 136 cm³/mol. The number of rotatable bonds is 8. The molecule has 1 aliphatic heterocycles. The van der Waals surface area contributed by atoms with Crippen molar-refractivity contribution in [2.45, 2.75) is 19.4 Å². The fourth-order valence-electron chi connectivity index (χ4n) is 4.10. The molecule has 1 heterocycles. The molecule has 34 heavy (non-hydrogen) atoms. The summed E-state index contributed by atoms with van der Waals surface area (Å²) < 4.78 is 5.08. The summed E-state index contributed by atoms with van der Waals surface area (Å²) in [6, 6.07) is 22.8. The zero-order valence-electron chi connectivity index (χ0n) is 19.3. The van der Waals surface area contributed by atoms with Crippen LogP contribution in [0.2, 0.25) is 0 Å². The fraction of sp³-hybridized carbons (Fsp3) is 0.259. The van der Waals surface area contributed by atoms with Crippen molar-refractivity contribution >= 4 is 29.0 Å². The number of nitrogens with zero attached hydrogens (tertiary/aromatic N) is 1. The van der Waals surface area contributed by atoms with E-state index in [1.807, 2.05) is 48.5 Å². The summed E-state index contributed by atoms with van der Waals surface area (Å²) in [5.74, 6) is -0.169. The highest BCUT2D eigenvalue weighted by molar-refractivity contribution is 6.04. The zero-order chi connectivity index (χ0) is 23.8. The Labute approximate surface area is 200 Å². The van der Waals surface area contributed by atoms with Crippen LogP contribution >= 0.6 is 0 Å². The number of hydrogen-bond donors (Lipinski definition) is 3. The summed E-state index contributed by atoms with van der Waals surface area (Å²) >= 11 is 0. The number of nitrogens with one attached hydrogen (secondary N) is 3. The zero-order valence-corrected chi connectivity index (χ0v) is 19.3. The van der Waals surface area contributed by atoms with Crippen molar-refractivity contribution in [3.8, 4) is 0 Å². The number of para-hydroxylation sites is 1. The molecule has 0 saturated heterocycles. The Hall–Kier alpha value is -3.84. The highest BCUT2D eigenvalue weighted by atomic mass is 16.5. The van der Waals surface area contributed by atoms with E-state index in [1.165, 1.54) is 11.1 Å². The third kappa shape index (κ3) is 5.94. The summed E-state index contributed by atoms with van der Waals surface area (Å²) in [4.78, 5) is 27.8. The van der Waals surface area contributed by atoms with Gasteiger partial charge in [-0.25, -0.2) is 4.79 Å². The Morgan fingerprint density at radius 1 is 0.912 bits per heavy atom. The fourth-order valence-corrected chi connectivity index (χ4v) is 4.10. The van der Waals surface area contributed by atoms with E-state index in [9.17, 15) is 9.59 Å². The van der Waals surface area contributed by atoms with E-state index >= 15 is 0 Å². The summed E-state index contributed by atoms with van der Waals surface area (Å²) in [6.45, 7) is 2.65. The van der Waals surface area contributed by atoms with Crippen molar-refractivity contribution in [2.75, 3.05) is 42.3 Å². The smallest absolute Gasteiger partial charge is 0.323 e. The maximum absolute atomic E-state index is 13.1. The first-order chi connectivity index (χ1) is 16.6. The Morgan fingerprint density at radius 3 is 2.44 bits per heavy atom. The Kier molecular flexibility index (Phi) is 7.78. The minimum atomic E-state index is -0.364. The first-order valence-corrected chi connectivity index (χ1v) is 11.5. The SMILES string of the molecule is COCCCNC(=O)c1cc(NC(=O)Nc2ccccc2)ccc1N1CCc2ccccc2C1. The van der Waals surface area contributed by atoms with Crippen LogP contribution in [0.4, 0.5) is 21.9 Å². The van der Waals surface area contributed by atoms with E-state index in [4.69, 9.17) is 4.74 Å². The number of carbonyl (C=O) groups excluding carboxylic acids is 2. The van der Waals surface area contributed by atoms with E-state index in [-0.39, 0.29) is 11.9 Å². The van der Waals surface area contributed by atoms with Crippen LogP contribution in [0.1, 0.15) is 27.9 Å². The molecule has 0 radical (unpaired) electrons. The molecule has 0 aromatic heterocycles. The van der Waals surface area contributed by atoms with Gasteiger partial charge >= 0.3 is 6.03 Å². The second-order valence-electron chi connectivity index (χ2n) is 8.22. The molecule has 0 fully saturated rings. The van der Waals surface area contributed by atoms with Gasteiger partial charge in [0.05, 0.1) is 5.56 Å². The third-order valence-corrected chi connectivity index (χ3v) is 5.81. The molecule has 0 bridgehead atoms. The number of hydrogen-bond acceptors (Lipinski definition) is 4. The Morgan fingerprint density at radius 2 is 1.65 bits per heavy atom. The van der Waals surface area contributed by atoms with Gasteiger partial charge in [0.1, 0.15) is 0 Å². The van der Waals surface area contributed by atoms with Gasteiger partial charge in [0, 0.05) is 50.4 Å². The lowest BCUT2D eigenvalue weighted by atomic mass is 9.98. The van der Waals surface area contributed by atoms with Gasteiger partial charge in [0.25, 0.3) is 5.91 Å². The van der Waals surface area contributed by atoms with Gasteiger partial charge in [0.2, 0.25) is 0 Å². The molecule has 0 unspecified atom stereocenters. The van der Waals surface area contributed by atoms with Gasteiger partial charge in [-0.15, -0.1) is 0 Å². The molecule has 3 aromatic rings. The molecule has 0 atom stereocenters. The van der Waals surface area contributed by atoms with Crippen LogP contribution in [-0.4, -0.2) is 38.7 Å². The van der Waals surface area contributed by atoms with Gasteiger partial charge in [0.15, 0.2) is 0 Å². The summed E-state index contributed by atoms with van der Waals surface area (Å²) in [5.41, 5.74) is 5.25. The van der Waals surface area contributed by atoms with Crippen molar-refractivity contribution in [1.29, 1.82) is 0 Å². The number of ether oxygens (including phenoxy) is 1. The summed E-state index contributed by atoms with van der Waals surface area (Å²) in [5, 5.41) is 8.62. The molecule has 176 valence electrons. The number of anilines is 3. The molecule has 3 N–H and O–H groups in total. The van der Waals surface area contributed by atoms with Crippen LogP contribution < -0.4 is 20.9 Å². The molecule has 7 heteroatoms. The topological polar surface area (TPSA) is 82.7 Å². The van der Waals surface area contributed by atoms with E-state index in [0.717, 1.165) is 31.6 Å². The molecule has 3 aromatic carbocycles. The number of carbonyl (C=O) groups is 2. The number of amides is 3. The average Bonchev–Trinajstić information content (AvgIpc) is 2.86. The first-order valence-electron chi connectivity index (χ1n) is 11.5. The Balaban J connectivity index is 1.54. The number of methoxy groups -OCH3 is 1. The molecule has 0 saturated carbocycles. The first kappa shape index (κ1) is 23.3. The monoisotopic (exact) mass is 458 g/mol. The minimum absolute atomic E-state index is 0.169. The average molecular weight is 459 g/mol. The second kappa shape index (κ2) is 11.3. The molecule has 3 amide bonds. The maximum Gasteiger partial charge on any atom is 0.323 e. The third-order valence-electron chi connectivity index (χ3n) is 5.81. The van der Waals surface area contributed by atoms with Crippen LogP contribution in [0.3, 0.4) is 0 Å². The van der Waals surface area contributed by atoms with Crippen LogP contribution in [0.5, 0.6) is 0 Å². The molecular formula is C27H30N4O3. The highest BCUT2D eigenvalue weighted by Crippen LogP contribution is 2.29. The molecule has 4 rings (SSSR count). The maximum atomic E-state index is 13.1. The molecule has 0 aliphatic carbocycles. The van der Waals surface area contributed by atoms with Crippen LogP contribution in [0.15, 0.2) is 72.8 Å². The van der Waals surface area contributed by atoms with Crippen molar-refractivity contribution in [3.63, 3.8) is 0 Å². The largest absolute Gasteiger partial charge is 0.385 e. The van der Waals surface area contributed by atoms with Crippen molar-refractivity contribution < 1.29 is 14.3 Å². The molecule has 7 nitrogen and oxygen atoms in total. The van der Waals surface area contributed by atoms with Crippen LogP contribution in [0.25, 0.3) is 0 Å². The van der Waals surface area contributed by atoms with Gasteiger partial charge in [-0.3, -0.25) is 4.79 Å². The lowest BCUT2D eigenvalue weighted by Gasteiger charge is -2.32. The summed E-state index contributed by atoms with van der Waals surface area (Å²) in [6.07, 6.45) is 1.65. The van der Waals surface area contributed by atoms with Gasteiger partial charge in [-0.1, -0.05) is 42.5 Å². The molecule has 1 aliphatic rings. The van der Waals surface area contributed by atoms with E-state index in [2.05, 4.69) is 39.0 Å². The van der Waals surface area contributed by atoms with Crippen molar-refractivity contribution in [1.82, 2.24) is 5.32 Å². The summed E-state index contributed by atoms with van der Waals surface area (Å²) in [7, 11) is 1.64. The van der Waals surface area contributed by atoms with Gasteiger partial charge in [-0.05, 0) is 54.3 Å². The molecular weight excluding hydrogens is 428 g/mol. The van der Waals surface area contributed by atoms with E-state index in [0.29, 0.717) is 30.1 Å². The number of benzene rings is 3. The van der Waals surface area contributed by atoms with Crippen LogP contribution in [0, 0.1) is 0 Å². The number of fused-ring (bicyclic) bond motifs is 1. The van der Waals surface area contributed by atoms with E-state index in [1.54, 1.807) is 13.2 Å². The quantitative estimate of drug-likeness (QED) is 0.429. The lowest BCUT2D eigenvalue weighted by Crippen LogP contribution is -2.33. The predicted octanol–water partition coefficient (Wildman–Crippen LogP) is 4.66. The van der Waals surface area contributed by atoms with Crippen LogP contribution in [-0.2, 0) is 17.7 Å². The van der Waals surface area contributed by atoms with Crippen molar-refractivity contribution in [3.05, 3.63) is 89.5 Å². The molecule has 0 spiro atoms. The van der Waals surface area contributed by atoms with Gasteiger partial charge < -0.3 is 25.6 Å². The van der Waals surface area contributed by atoms with E-state index < -0.39 is 0 Å². The highest BCUT2D eigenvalue weighted by Gasteiger charge is 2.22. The normalized spacial score (nSPS) is 12.6. The Bertz CT molecular complexity index is 1130. The van der Waals surface area contributed by atoms with Crippen molar-refractivity contribution in [2.24, 2.45) is 0 Å².